The standard InChI is InChI=1S/C26H26FN3O/c1-19-9-6-7-14-23(19)25-16-24(21-12-8-13-22(27)15-21)28-30(25)26(31)18-29(2)17-20-10-4-3-5-11-20/h3-15,25H,16-18H2,1-2H3. The van der Waals surface area contributed by atoms with E-state index in [0.29, 0.717) is 18.5 Å². The zero-order valence-electron chi connectivity index (χ0n) is 17.8. The molecule has 158 valence electrons. The van der Waals surface area contributed by atoms with Crippen LogP contribution in [-0.4, -0.2) is 35.1 Å². The van der Waals surface area contributed by atoms with Crippen molar-refractivity contribution in [2.45, 2.75) is 25.9 Å². The number of nitrogens with zero attached hydrogens (tertiary/aromatic N) is 3. The zero-order chi connectivity index (χ0) is 21.8. The van der Waals surface area contributed by atoms with Crippen molar-refractivity contribution in [3.05, 3.63) is 107 Å². The Labute approximate surface area is 182 Å². The summed E-state index contributed by atoms with van der Waals surface area (Å²) in [5.74, 6) is -0.377. The average Bonchev–Trinajstić information content (AvgIpc) is 3.20. The van der Waals surface area contributed by atoms with Crippen LogP contribution in [0.25, 0.3) is 0 Å². The molecule has 31 heavy (non-hydrogen) atoms. The van der Waals surface area contributed by atoms with Gasteiger partial charge in [-0.05, 0) is 42.8 Å². The van der Waals surface area contributed by atoms with E-state index in [1.807, 2.05) is 79.5 Å². The topological polar surface area (TPSA) is 35.9 Å². The molecular formula is C26H26FN3O. The third kappa shape index (κ3) is 4.89. The molecule has 3 aromatic carbocycles. The van der Waals surface area contributed by atoms with E-state index in [1.165, 1.54) is 12.1 Å². The zero-order valence-corrected chi connectivity index (χ0v) is 17.8. The molecule has 0 spiro atoms. The van der Waals surface area contributed by atoms with Gasteiger partial charge in [0.05, 0.1) is 18.3 Å². The van der Waals surface area contributed by atoms with Crippen LogP contribution in [0.1, 0.15) is 34.7 Å². The van der Waals surface area contributed by atoms with Crippen LogP contribution in [0.4, 0.5) is 4.39 Å². The number of hydrogen-bond donors (Lipinski definition) is 0. The molecule has 0 aromatic heterocycles. The van der Waals surface area contributed by atoms with E-state index in [2.05, 4.69) is 5.10 Å². The van der Waals surface area contributed by atoms with E-state index in [0.717, 1.165) is 22.4 Å². The predicted molar refractivity (Wildman–Crippen MR) is 121 cm³/mol. The summed E-state index contributed by atoms with van der Waals surface area (Å²) in [6, 6.07) is 24.3. The summed E-state index contributed by atoms with van der Waals surface area (Å²) < 4.78 is 13.8. The molecule has 4 rings (SSSR count). The van der Waals surface area contributed by atoms with Crippen LogP contribution in [-0.2, 0) is 11.3 Å². The molecule has 4 nitrogen and oxygen atoms in total. The number of aryl methyl sites for hydroxylation is 1. The van der Waals surface area contributed by atoms with Gasteiger partial charge in [0.1, 0.15) is 5.82 Å². The van der Waals surface area contributed by atoms with E-state index in [-0.39, 0.29) is 24.3 Å². The van der Waals surface area contributed by atoms with E-state index in [1.54, 1.807) is 11.1 Å². The van der Waals surface area contributed by atoms with Crippen molar-refractivity contribution >= 4 is 11.6 Å². The van der Waals surface area contributed by atoms with Gasteiger partial charge in [0.25, 0.3) is 5.91 Å². The maximum absolute atomic E-state index is 13.8. The maximum atomic E-state index is 13.8. The van der Waals surface area contributed by atoms with Crippen molar-refractivity contribution in [1.29, 1.82) is 0 Å². The fourth-order valence-electron chi connectivity index (χ4n) is 4.04. The Kier molecular flexibility index (Phi) is 6.23. The summed E-state index contributed by atoms with van der Waals surface area (Å²) >= 11 is 0. The number of benzene rings is 3. The first-order valence-electron chi connectivity index (χ1n) is 10.4. The first kappa shape index (κ1) is 20.9. The Morgan fingerprint density at radius 3 is 2.55 bits per heavy atom. The Balaban J connectivity index is 1.58. The van der Waals surface area contributed by atoms with Gasteiger partial charge < -0.3 is 0 Å². The van der Waals surface area contributed by atoms with Gasteiger partial charge in [0.15, 0.2) is 0 Å². The van der Waals surface area contributed by atoms with Gasteiger partial charge in [-0.25, -0.2) is 9.40 Å². The molecule has 0 aliphatic carbocycles. The molecule has 0 N–H and O–H groups in total. The number of hydrazone groups is 1. The summed E-state index contributed by atoms with van der Waals surface area (Å²) in [5, 5.41) is 6.25. The van der Waals surface area contributed by atoms with Gasteiger partial charge in [-0.1, -0.05) is 66.7 Å². The number of hydrogen-bond acceptors (Lipinski definition) is 3. The summed E-state index contributed by atoms with van der Waals surface area (Å²) in [7, 11) is 1.93. The summed E-state index contributed by atoms with van der Waals surface area (Å²) in [4.78, 5) is 15.3. The number of likely N-dealkylation sites (N-methyl/N-ethyl adjacent to an activating group) is 1. The van der Waals surface area contributed by atoms with E-state index >= 15 is 0 Å². The van der Waals surface area contributed by atoms with Gasteiger partial charge in [0, 0.05) is 18.5 Å². The normalized spacial score (nSPS) is 15.9. The van der Waals surface area contributed by atoms with Crippen LogP contribution in [0, 0.1) is 12.7 Å². The van der Waals surface area contributed by atoms with Crippen LogP contribution >= 0.6 is 0 Å². The van der Waals surface area contributed by atoms with Crippen molar-refractivity contribution in [2.24, 2.45) is 5.10 Å². The van der Waals surface area contributed by atoms with Gasteiger partial charge >= 0.3 is 0 Å². The van der Waals surface area contributed by atoms with Crippen molar-refractivity contribution in [3.63, 3.8) is 0 Å². The second-order valence-electron chi connectivity index (χ2n) is 8.03. The van der Waals surface area contributed by atoms with Crippen LogP contribution in [0.5, 0.6) is 0 Å². The second kappa shape index (κ2) is 9.23. The predicted octanol–water partition coefficient (Wildman–Crippen LogP) is 4.94. The Morgan fingerprint density at radius 1 is 1.06 bits per heavy atom. The van der Waals surface area contributed by atoms with Gasteiger partial charge in [-0.15, -0.1) is 0 Å². The molecule has 1 amide bonds. The monoisotopic (exact) mass is 415 g/mol. The van der Waals surface area contributed by atoms with E-state index < -0.39 is 0 Å². The lowest BCUT2D eigenvalue weighted by molar-refractivity contribution is -0.134. The summed E-state index contributed by atoms with van der Waals surface area (Å²) in [5.41, 5.74) is 4.77. The highest BCUT2D eigenvalue weighted by atomic mass is 19.1. The Hall–Kier alpha value is -3.31. The fraction of sp³-hybridized carbons (Fsp3) is 0.231. The van der Waals surface area contributed by atoms with Gasteiger partial charge in [0.2, 0.25) is 0 Å². The lowest BCUT2D eigenvalue weighted by Crippen LogP contribution is -2.36. The second-order valence-corrected chi connectivity index (χ2v) is 8.03. The number of amides is 1. The average molecular weight is 416 g/mol. The van der Waals surface area contributed by atoms with Crippen LogP contribution < -0.4 is 0 Å². The quantitative estimate of drug-likeness (QED) is 0.571. The molecule has 0 saturated heterocycles. The maximum Gasteiger partial charge on any atom is 0.257 e. The molecule has 0 fully saturated rings. The molecule has 1 aliphatic heterocycles. The first-order chi connectivity index (χ1) is 15.0. The molecule has 0 bridgehead atoms. The largest absolute Gasteiger partial charge is 0.293 e. The van der Waals surface area contributed by atoms with Crippen LogP contribution in [0.2, 0.25) is 0 Å². The minimum atomic E-state index is -0.306. The molecular weight excluding hydrogens is 389 g/mol. The van der Waals surface area contributed by atoms with Crippen molar-refractivity contribution in [2.75, 3.05) is 13.6 Å². The smallest absolute Gasteiger partial charge is 0.257 e. The Bertz CT molecular complexity index is 1100. The third-order valence-electron chi connectivity index (χ3n) is 5.57. The molecule has 3 aromatic rings. The molecule has 0 radical (unpaired) electrons. The number of carbonyl (C=O) groups excluding carboxylic acids is 1. The lowest BCUT2D eigenvalue weighted by Gasteiger charge is -2.25. The molecule has 1 heterocycles. The highest BCUT2D eigenvalue weighted by Gasteiger charge is 2.34. The third-order valence-corrected chi connectivity index (χ3v) is 5.57. The highest BCUT2D eigenvalue weighted by molar-refractivity contribution is 6.03. The van der Waals surface area contributed by atoms with Crippen molar-refractivity contribution in [3.8, 4) is 0 Å². The molecule has 1 unspecified atom stereocenters. The molecule has 0 saturated carbocycles. The fourth-order valence-corrected chi connectivity index (χ4v) is 4.04. The molecule has 5 heteroatoms. The van der Waals surface area contributed by atoms with Crippen LogP contribution in [0.15, 0.2) is 84.0 Å². The number of carbonyl (C=O) groups is 1. The van der Waals surface area contributed by atoms with Gasteiger partial charge in [-0.2, -0.15) is 5.10 Å². The van der Waals surface area contributed by atoms with E-state index in [9.17, 15) is 9.18 Å². The minimum absolute atomic E-state index is 0.0712. The first-order valence-corrected chi connectivity index (χ1v) is 10.4. The molecule has 1 aliphatic rings. The number of rotatable bonds is 6. The highest BCUT2D eigenvalue weighted by Crippen LogP contribution is 2.34. The number of halogens is 1. The summed E-state index contributed by atoms with van der Waals surface area (Å²) in [6.07, 6.45) is 0.558. The Morgan fingerprint density at radius 2 is 1.81 bits per heavy atom. The minimum Gasteiger partial charge on any atom is -0.293 e. The molecule has 1 atom stereocenters. The SMILES string of the molecule is Cc1ccccc1C1CC(c2cccc(F)c2)=NN1C(=O)CN(C)Cc1ccccc1. The lowest BCUT2D eigenvalue weighted by atomic mass is 9.95. The van der Waals surface area contributed by atoms with Gasteiger partial charge in [-0.3, -0.25) is 9.69 Å². The van der Waals surface area contributed by atoms with Crippen molar-refractivity contribution in [1.82, 2.24) is 9.91 Å². The van der Waals surface area contributed by atoms with Crippen LogP contribution in [0.3, 0.4) is 0 Å². The summed E-state index contributed by atoms with van der Waals surface area (Å²) in [6.45, 7) is 2.97. The van der Waals surface area contributed by atoms with Crippen molar-refractivity contribution < 1.29 is 9.18 Å². The van der Waals surface area contributed by atoms with E-state index in [4.69, 9.17) is 0 Å².